The summed E-state index contributed by atoms with van der Waals surface area (Å²) in [7, 11) is 0. The second-order valence-electron chi connectivity index (χ2n) is 6.84. The van der Waals surface area contributed by atoms with Gasteiger partial charge in [0.15, 0.2) is 0 Å². The van der Waals surface area contributed by atoms with Crippen LogP contribution in [-0.4, -0.2) is 46.9 Å². The van der Waals surface area contributed by atoms with E-state index in [4.69, 9.17) is 4.74 Å². The third-order valence-corrected chi connectivity index (χ3v) is 4.89. The first-order valence-electron chi connectivity index (χ1n) is 9.52. The summed E-state index contributed by atoms with van der Waals surface area (Å²) in [4.78, 5) is 21.5. The Balaban J connectivity index is 1.40. The minimum absolute atomic E-state index is 0.0293. The Hall–Kier alpha value is -3.18. The Kier molecular flexibility index (Phi) is 5.64. The molecule has 3 aromatic rings. The van der Waals surface area contributed by atoms with Crippen molar-refractivity contribution in [2.75, 3.05) is 26.2 Å². The summed E-state index contributed by atoms with van der Waals surface area (Å²) in [6, 6.07) is 21.7. The van der Waals surface area contributed by atoms with Crippen LogP contribution in [0.2, 0.25) is 0 Å². The highest BCUT2D eigenvalue weighted by atomic mass is 16.5. The van der Waals surface area contributed by atoms with Crippen molar-refractivity contribution in [1.29, 1.82) is 0 Å². The summed E-state index contributed by atoms with van der Waals surface area (Å²) in [5.74, 6) is 1.21. The van der Waals surface area contributed by atoms with E-state index in [0.717, 1.165) is 19.6 Å². The molecule has 0 radical (unpaired) electrons. The van der Waals surface area contributed by atoms with Gasteiger partial charge in [-0.15, -0.1) is 0 Å². The summed E-state index contributed by atoms with van der Waals surface area (Å²) < 4.78 is 5.92. The number of hydrogen-bond acceptors (Lipinski definition) is 4. The van der Waals surface area contributed by atoms with Crippen LogP contribution in [0.3, 0.4) is 0 Å². The molecule has 2 heterocycles. The van der Waals surface area contributed by atoms with Gasteiger partial charge in [0.25, 0.3) is 5.91 Å². The topological polar surface area (TPSA) is 45.7 Å². The van der Waals surface area contributed by atoms with Gasteiger partial charge in [0, 0.05) is 45.1 Å². The Morgan fingerprint density at radius 2 is 1.57 bits per heavy atom. The lowest BCUT2D eigenvalue weighted by atomic mass is 10.1. The number of hydrogen-bond donors (Lipinski definition) is 0. The van der Waals surface area contributed by atoms with Gasteiger partial charge in [0.05, 0.1) is 0 Å². The van der Waals surface area contributed by atoms with Gasteiger partial charge in [-0.25, -0.2) is 0 Å². The van der Waals surface area contributed by atoms with Crippen LogP contribution in [0.5, 0.6) is 11.5 Å². The van der Waals surface area contributed by atoms with E-state index in [1.54, 1.807) is 18.5 Å². The van der Waals surface area contributed by atoms with E-state index in [0.29, 0.717) is 30.2 Å². The molecule has 1 aliphatic heterocycles. The zero-order chi connectivity index (χ0) is 19.2. The fourth-order valence-corrected chi connectivity index (χ4v) is 3.37. The fourth-order valence-electron chi connectivity index (χ4n) is 3.37. The van der Waals surface area contributed by atoms with Gasteiger partial charge in [-0.3, -0.25) is 14.7 Å². The van der Waals surface area contributed by atoms with Gasteiger partial charge >= 0.3 is 0 Å². The van der Waals surface area contributed by atoms with Gasteiger partial charge in [0.2, 0.25) is 0 Å². The second-order valence-corrected chi connectivity index (χ2v) is 6.84. The zero-order valence-electron chi connectivity index (χ0n) is 15.7. The van der Waals surface area contributed by atoms with Crippen LogP contribution in [0.25, 0.3) is 0 Å². The van der Waals surface area contributed by atoms with Gasteiger partial charge in [0.1, 0.15) is 17.1 Å². The van der Waals surface area contributed by atoms with Crippen molar-refractivity contribution in [1.82, 2.24) is 14.8 Å². The molecule has 4 rings (SSSR count). The van der Waals surface area contributed by atoms with Crippen molar-refractivity contribution in [3.8, 4) is 11.5 Å². The molecule has 1 saturated heterocycles. The summed E-state index contributed by atoms with van der Waals surface area (Å²) in [5, 5.41) is 0. The molecule has 1 fully saturated rings. The van der Waals surface area contributed by atoms with E-state index in [1.165, 1.54) is 5.56 Å². The average Bonchev–Trinajstić information content (AvgIpc) is 2.76. The smallest absolute Gasteiger partial charge is 0.259 e. The number of benzene rings is 2. The highest BCUT2D eigenvalue weighted by Crippen LogP contribution is 2.25. The largest absolute Gasteiger partial charge is 0.456 e. The van der Waals surface area contributed by atoms with E-state index in [1.807, 2.05) is 41.3 Å². The number of aromatic nitrogens is 1. The normalized spacial score (nSPS) is 14.6. The Labute approximate surface area is 165 Å². The lowest BCUT2D eigenvalue weighted by Gasteiger charge is -2.35. The molecule has 0 unspecified atom stereocenters. The SMILES string of the molecule is O=C(c1cnccc1Oc1ccccc1)N1CCN(Cc2ccccc2)CC1. The molecule has 1 aliphatic rings. The molecule has 0 atom stereocenters. The first kappa shape index (κ1) is 18.2. The zero-order valence-corrected chi connectivity index (χ0v) is 15.7. The van der Waals surface area contributed by atoms with Gasteiger partial charge in [-0.2, -0.15) is 0 Å². The number of piperazine rings is 1. The first-order valence-corrected chi connectivity index (χ1v) is 9.52. The molecule has 5 heteroatoms. The molecule has 1 amide bonds. The van der Waals surface area contributed by atoms with E-state index in [-0.39, 0.29) is 5.91 Å². The molecule has 0 N–H and O–H groups in total. The number of rotatable bonds is 5. The molecule has 142 valence electrons. The second kappa shape index (κ2) is 8.67. The summed E-state index contributed by atoms with van der Waals surface area (Å²) >= 11 is 0. The Morgan fingerprint density at radius 1 is 0.893 bits per heavy atom. The predicted octanol–water partition coefficient (Wildman–Crippen LogP) is 3.83. The predicted molar refractivity (Wildman–Crippen MR) is 108 cm³/mol. The number of pyridine rings is 1. The van der Waals surface area contributed by atoms with Crippen molar-refractivity contribution in [2.45, 2.75) is 6.54 Å². The number of nitrogens with zero attached hydrogens (tertiary/aromatic N) is 3. The van der Waals surface area contributed by atoms with E-state index in [2.05, 4.69) is 34.1 Å². The third kappa shape index (κ3) is 4.38. The number of ether oxygens (including phenoxy) is 1. The molecule has 0 spiro atoms. The highest BCUT2D eigenvalue weighted by Gasteiger charge is 2.24. The number of amides is 1. The van der Waals surface area contributed by atoms with E-state index in [9.17, 15) is 4.79 Å². The molecule has 5 nitrogen and oxygen atoms in total. The summed E-state index contributed by atoms with van der Waals surface area (Å²) in [5.41, 5.74) is 1.80. The monoisotopic (exact) mass is 373 g/mol. The minimum Gasteiger partial charge on any atom is -0.456 e. The first-order chi connectivity index (χ1) is 13.8. The maximum absolute atomic E-state index is 13.1. The Bertz CT molecular complexity index is 907. The van der Waals surface area contributed by atoms with Crippen molar-refractivity contribution in [3.05, 3.63) is 90.3 Å². The number of para-hydroxylation sites is 1. The van der Waals surface area contributed by atoms with Crippen LogP contribution in [0.15, 0.2) is 79.1 Å². The van der Waals surface area contributed by atoms with Gasteiger partial charge in [-0.1, -0.05) is 48.5 Å². The van der Waals surface area contributed by atoms with Crippen LogP contribution in [0.1, 0.15) is 15.9 Å². The molecule has 0 bridgehead atoms. The molecule has 0 saturated carbocycles. The van der Waals surface area contributed by atoms with Crippen LogP contribution in [-0.2, 0) is 6.54 Å². The summed E-state index contributed by atoms with van der Waals surface area (Å²) in [6.45, 7) is 4.03. The molecule has 0 aliphatic carbocycles. The van der Waals surface area contributed by atoms with Crippen molar-refractivity contribution >= 4 is 5.91 Å². The average molecular weight is 373 g/mol. The number of carbonyl (C=O) groups is 1. The summed E-state index contributed by atoms with van der Waals surface area (Å²) in [6.07, 6.45) is 3.24. The van der Waals surface area contributed by atoms with E-state index < -0.39 is 0 Å². The standard InChI is InChI=1S/C23H23N3O2/c27-23(21-17-24-12-11-22(21)28-20-9-5-2-6-10-20)26-15-13-25(14-16-26)18-19-7-3-1-4-8-19/h1-12,17H,13-16,18H2. The maximum Gasteiger partial charge on any atom is 0.259 e. The van der Waals surface area contributed by atoms with E-state index >= 15 is 0 Å². The Morgan fingerprint density at radius 3 is 2.29 bits per heavy atom. The van der Waals surface area contributed by atoms with Crippen LogP contribution in [0.4, 0.5) is 0 Å². The third-order valence-electron chi connectivity index (χ3n) is 4.89. The van der Waals surface area contributed by atoms with Crippen LogP contribution >= 0.6 is 0 Å². The highest BCUT2D eigenvalue weighted by molar-refractivity contribution is 5.96. The van der Waals surface area contributed by atoms with Crippen molar-refractivity contribution in [3.63, 3.8) is 0 Å². The lowest BCUT2D eigenvalue weighted by molar-refractivity contribution is 0.0625. The quantitative estimate of drug-likeness (QED) is 0.682. The van der Waals surface area contributed by atoms with Crippen LogP contribution in [0, 0.1) is 0 Å². The molecular formula is C23H23N3O2. The lowest BCUT2D eigenvalue weighted by Crippen LogP contribution is -2.48. The minimum atomic E-state index is -0.0293. The van der Waals surface area contributed by atoms with Crippen molar-refractivity contribution in [2.24, 2.45) is 0 Å². The molecule has 2 aromatic carbocycles. The van der Waals surface area contributed by atoms with Crippen LogP contribution < -0.4 is 4.74 Å². The van der Waals surface area contributed by atoms with Crippen molar-refractivity contribution < 1.29 is 9.53 Å². The fraction of sp³-hybridized carbons (Fsp3) is 0.217. The van der Waals surface area contributed by atoms with Gasteiger partial charge < -0.3 is 9.64 Å². The van der Waals surface area contributed by atoms with Gasteiger partial charge in [-0.05, 0) is 23.8 Å². The molecule has 28 heavy (non-hydrogen) atoms. The molecular weight excluding hydrogens is 350 g/mol. The maximum atomic E-state index is 13.1. The number of carbonyl (C=O) groups excluding carboxylic acids is 1. The molecule has 1 aromatic heterocycles.